The predicted octanol–water partition coefficient (Wildman–Crippen LogP) is 2.27. The van der Waals surface area contributed by atoms with Gasteiger partial charge in [0, 0.05) is 27.6 Å². The lowest BCUT2D eigenvalue weighted by molar-refractivity contribution is -0.130. The molecular weight excluding hydrogens is 304 g/mol. The van der Waals surface area contributed by atoms with E-state index in [1.807, 2.05) is 35.9 Å². The number of unbranched alkanes of at least 4 members (excludes halogenated alkanes) is 1. The van der Waals surface area contributed by atoms with Gasteiger partial charge in [-0.3, -0.25) is 9.59 Å². The minimum atomic E-state index is -0.0278. The van der Waals surface area contributed by atoms with Crippen molar-refractivity contribution in [1.82, 2.24) is 19.4 Å². The molecule has 0 radical (unpaired) electrons. The molecule has 0 atom stereocenters. The van der Waals surface area contributed by atoms with Crippen molar-refractivity contribution in [3.05, 3.63) is 30.1 Å². The standard InChI is InChI=1S/C18H26N4O2/c1-5-6-11-20(3)18(24)13-22-16-10-8-7-9-15(16)19-17(22)12-21(4)14(2)23/h7-10H,5-6,11-13H2,1-4H3. The molecule has 0 aliphatic rings. The molecule has 0 unspecified atom stereocenters. The SMILES string of the molecule is CCCCN(C)C(=O)Cn1c(CN(C)C(C)=O)nc2ccccc21. The summed E-state index contributed by atoms with van der Waals surface area (Å²) in [6, 6.07) is 7.74. The Balaban J connectivity index is 2.29. The highest BCUT2D eigenvalue weighted by Gasteiger charge is 2.17. The zero-order valence-corrected chi connectivity index (χ0v) is 15.0. The number of hydrogen-bond acceptors (Lipinski definition) is 3. The van der Waals surface area contributed by atoms with Crippen molar-refractivity contribution >= 4 is 22.8 Å². The van der Waals surface area contributed by atoms with E-state index >= 15 is 0 Å². The lowest BCUT2D eigenvalue weighted by Crippen LogP contribution is -2.32. The molecule has 1 aromatic heterocycles. The first-order valence-corrected chi connectivity index (χ1v) is 8.33. The van der Waals surface area contributed by atoms with E-state index in [4.69, 9.17) is 0 Å². The summed E-state index contributed by atoms with van der Waals surface area (Å²) in [4.78, 5) is 32.0. The second-order valence-electron chi connectivity index (χ2n) is 6.15. The number of rotatable bonds is 7. The highest BCUT2D eigenvalue weighted by molar-refractivity contribution is 5.81. The van der Waals surface area contributed by atoms with E-state index in [2.05, 4.69) is 11.9 Å². The molecule has 2 rings (SSSR count). The number of benzene rings is 1. The van der Waals surface area contributed by atoms with Crippen LogP contribution in [0.5, 0.6) is 0 Å². The second-order valence-corrected chi connectivity index (χ2v) is 6.15. The van der Waals surface area contributed by atoms with Crippen LogP contribution in [0.4, 0.5) is 0 Å². The largest absolute Gasteiger partial charge is 0.344 e. The van der Waals surface area contributed by atoms with Crippen LogP contribution in [0.15, 0.2) is 24.3 Å². The van der Waals surface area contributed by atoms with E-state index < -0.39 is 0 Å². The van der Waals surface area contributed by atoms with Crippen LogP contribution in [-0.4, -0.2) is 51.8 Å². The summed E-state index contributed by atoms with van der Waals surface area (Å²) in [5, 5.41) is 0. The Morgan fingerprint density at radius 1 is 1.17 bits per heavy atom. The topological polar surface area (TPSA) is 58.4 Å². The van der Waals surface area contributed by atoms with Crippen LogP contribution in [-0.2, 0) is 22.7 Å². The quantitative estimate of drug-likeness (QED) is 0.782. The first-order valence-electron chi connectivity index (χ1n) is 8.33. The molecule has 0 saturated carbocycles. The molecule has 2 aromatic rings. The molecule has 130 valence electrons. The Kier molecular flexibility index (Phi) is 5.95. The van der Waals surface area contributed by atoms with Crippen LogP contribution in [0.3, 0.4) is 0 Å². The van der Waals surface area contributed by atoms with Gasteiger partial charge in [0.05, 0.1) is 17.6 Å². The van der Waals surface area contributed by atoms with Crippen LogP contribution >= 0.6 is 0 Å². The monoisotopic (exact) mass is 330 g/mol. The molecule has 0 saturated heterocycles. The molecule has 0 spiro atoms. The smallest absolute Gasteiger partial charge is 0.242 e. The summed E-state index contributed by atoms with van der Waals surface area (Å²) >= 11 is 0. The molecular formula is C18H26N4O2. The fraction of sp³-hybridized carbons (Fsp3) is 0.500. The normalized spacial score (nSPS) is 10.8. The summed E-state index contributed by atoms with van der Waals surface area (Å²) in [6.45, 7) is 5.01. The highest BCUT2D eigenvalue weighted by Crippen LogP contribution is 2.17. The van der Waals surface area contributed by atoms with Gasteiger partial charge in [-0.15, -0.1) is 0 Å². The average molecular weight is 330 g/mol. The zero-order valence-electron chi connectivity index (χ0n) is 15.0. The maximum atomic E-state index is 12.5. The van der Waals surface area contributed by atoms with Gasteiger partial charge in [-0.05, 0) is 18.6 Å². The van der Waals surface area contributed by atoms with Crippen molar-refractivity contribution in [2.75, 3.05) is 20.6 Å². The van der Waals surface area contributed by atoms with Crippen LogP contribution in [0, 0.1) is 0 Å². The van der Waals surface area contributed by atoms with E-state index in [0.717, 1.165) is 36.2 Å². The van der Waals surface area contributed by atoms with Gasteiger partial charge in [-0.1, -0.05) is 25.5 Å². The molecule has 6 nitrogen and oxygen atoms in total. The number of fused-ring (bicyclic) bond motifs is 1. The molecule has 0 N–H and O–H groups in total. The molecule has 2 amide bonds. The number of carbonyl (C=O) groups is 2. The lowest BCUT2D eigenvalue weighted by Gasteiger charge is -2.19. The number of nitrogens with zero attached hydrogens (tertiary/aromatic N) is 4. The number of aromatic nitrogens is 2. The van der Waals surface area contributed by atoms with E-state index in [0.29, 0.717) is 6.54 Å². The number of amides is 2. The Labute approximate surface area is 143 Å². The highest BCUT2D eigenvalue weighted by atomic mass is 16.2. The molecule has 6 heteroatoms. The molecule has 24 heavy (non-hydrogen) atoms. The van der Waals surface area contributed by atoms with Crippen LogP contribution in [0.25, 0.3) is 11.0 Å². The van der Waals surface area contributed by atoms with Crippen molar-refractivity contribution in [3.8, 4) is 0 Å². The fourth-order valence-corrected chi connectivity index (χ4v) is 2.52. The van der Waals surface area contributed by atoms with Gasteiger partial charge >= 0.3 is 0 Å². The van der Waals surface area contributed by atoms with Gasteiger partial charge in [0.1, 0.15) is 12.4 Å². The first-order chi connectivity index (χ1) is 11.4. The minimum Gasteiger partial charge on any atom is -0.344 e. The first kappa shape index (κ1) is 18.0. The van der Waals surface area contributed by atoms with Gasteiger partial charge in [-0.2, -0.15) is 0 Å². The Hall–Kier alpha value is -2.37. The summed E-state index contributed by atoms with van der Waals surface area (Å²) in [7, 11) is 3.57. The third-order valence-electron chi connectivity index (χ3n) is 4.22. The summed E-state index contributed by atoms with van der Waals surface area (Å²) < 4.78 is 1.92. The molecule has 0 bridgehead atoms. The third-order valence-corrected chi connectivity index (χ3v) is 4.22. The van der Waals surface area contributed by atoms with Crippen LogP contribution in [0.1, 0.15) is 32.5 Å². The minimum absolute atomic E-state index is 0.0278. The van der Waals surface area contributed by atoms with Gasteiger partial charge < -0.3 is 14.4 Å². The summed E-state index contributed by atoms with van der Waals surface area (Å²) in [5.41, 5.74) is 1.76. The Morgan fingerprint density at radius 3 is 2.54 bits per heavy atom. The van der Waals surface area contributed by atoms with E-state index in [-0.39, 0.29) is 18.4 Å². The Bertz CT molecular complexity index is 723. The molecule has 1 heterocycles. The van der Waals surface area contributed by atoms with Gasteiger partial charge in [0.25, 0.3) is 0 Å². The molecule has 0 aliphatic heterocycles. The van der Waals surface area contributed by atoms with Crippen molar-refractivity contribution in [3.63, 3.8) is 0 Å². The van der Waals surface area contributed by atoms with E-state index in [1.165, 1.54) is 6.92 Å². The molecule has 0 fully saturated rings. The number of imidazole rings is 1. The van der Waals surface area contributed by atoms with E-state index in [9.17, 15) is 9.59 Å². The van der Waals surface area contributed by atoms with Crippen molar-refractivity contribution < 1.29 is 9.59 Å². The summed E-state index contributed by atoms with van der Waals surface area (Å²) in [5.74, 6) is 0.754. The predicted molar refractivity (Wildman–Crippen MR) is 94.4 cm³/mol. The van der Waals surface area contributed by atoms with Gasteiger partial charge in [0.2, 0.25) is 11.8 Å². The summed E-state index contributed by atoms with van der Waals surface area (Å²) in [6.07, 6.45) is 2.05. The average Bonchev–Trinajstić information content (AvgIpc) is 2.89. The number of hydrogen-bond donors (Lipinski definition) is 0. The maximum absolute atomic E-state index is 12.5. The number of para-hydroxylation sites is 2. The van der Waals surface area contributed by atoms with Crippen molar-refractivity contribution in [2.45, 2.75) is 39.8 Å². The zero-order chi connectivity index (χ0) is 17.7. The van der Waals surface area contributed by atoms with Gasteiger partial charge in [-0.25, -0.2) is 4.98 Å². The lowest BCUT2D eigenvalue weighted by atomic mass is 10.3. The molecule has 0 aliphatic carbocycles. The van der Waals surface area contributed by atoms with Crippen molar-refractivity contribution in [1.29, 1.82) is 0 Å². The van der Waals surface area contributed by atoms with Crippen LogP contribution < -0.4 is 0 Å². The number of carbonyl (C=O) groups excluding carboxylic acids is 2. The van der Waals surface area contributed by atoms with E-state index in [1.54, 1.807) is 16.8 Å². The third kappa shape index (κ3) is 4.13. The second kappa shape index (κ2) is 7.95. The molecule has 1 aromatic carbocycles. The fourth-order valence-electron chi connectivity index (χ4n) is 2.52. The van der Waals surface area contributed by atoms with Crippen molar-refractivity contribution in [2.24, 2.45) is 0 Å². The Morgan fingerprint density at radius 2 is 1.88 bits per heavy atom. The maximum Gasteiger partial charge on any atom is 0.242 e. The van der Waals surface area contributed by atoms with Crippen LogP contribution in [0.2, 0.25) is 0 Å². The number of likely N-dealkylation sites (N-methyl/N-ethyl adjacent to an activating group) is 1. The van der Waals surface area contributed by atoms with Gasteiger partial charge in [0.15, 0.2) is 0 Å².